The molecule has 6 heteroatoms. The molecule has 0 heterocycles. The summed E-state index contributed by atoms with van der Waals surface area (Å²) in [4.78, 5) is 21.4. The number of nitro benzene ring substituents is 1. The van der Waals surface area contributed by atoms with Gasteiger partial charge in [-0.1, -0.05) is 6.07 Å². The Labute approximate surface area is 98.3 Å². The van der Waals surface area contributed by atoms with Crippen molar-refractivity contribution in [3.05, 3.63) is 33.9 Å². The van der Waals surface area contributed by atoms with Gasteiger partial charge in [0.25, 0.3) is 0 Å². The van der Waals surface area contributed by atoms with Crippen LogP contribution in [-0.2, 0) is 9.53 Å². The van der Waals surface area contributed by atoms with Gasteiger partial charge in [0.1, 0.15) is 0 Å². The fourth-order valence-electron chi connectivity index (χ4n) is 1.27. The first-order chi connectivity index (χ1) is 7.95. The van der Waals surface area contributed by atoms with Crippen molar-refractivity contribution in [1.29, 1.82) is 0 Å². The van der Waals surface area contributed by atoms with Gasteiger partial charge in [-0.05, 0) is 25.5 Å². The number of carbonyl (C=O) groups excluding carboxylic acids is 1. The van der Waals surface area contributed by atoms with Crippen molar-refractivity contribution in [1.82, 2.24) is 0 Å². The number of methoxy groups -OCH3 is 1. The molecule has 92 valence electrons. The molecule has 0 aliphatic heterocycles. The maximum atomic E-state index is 11.2. The maximum Gasteiger partial charge on any atom is 0.346 e. The predicted octanol–water partition coefficient (Wildman–Crippen LogP) is 1.84. The van der Waals surface area contributed by atoms with E-state index in [9.17, 15) is 14.9 Å². The third-order valence-corrected chi connectivity index (χ3v) is 2.15. The second-order valence-electron chi connectivity index (χ2n) is 3.51. The minimum atomic E-state index is -0.888. The molecule has 1 rings (SSSR count). The van der Waals surface area contributed by atoms with Crippen molar-refractivity contribution in [3.63, 3.8) is 0 Å². The molecule has 0 saturated heterocycles. The molecule has 0 bridgehead atoms. The molecule has 6 nitrogen and oxygen atoms in total. The zero-order valence-electron chi connectivity index (χ0n) is 9.80. The lowest BCUT2D eigenvalue weighted by atomic mass is 10.2. The number of aryl methyl sites for hydroxylation is 1. The van der Waals surface area contributed by atoms with Crippen molar-refractivity contribution in [2.75, 3.05) is 7.11 Å². The summed E-state index contributed by atoms with van der Waals surface area (Å²) in [6, 6.07) is 4.46. The van der Waals surface area contributed by atoms with Crippen LogP contribution < -0.4 is 4.74 Å². The van der Waals surface area contributed by atoms with Gasteiger partial charge in [0.05, 0.1) is 12.0 Å². The lowest BCUT2D eigenvalue weighted by molar-refractivity contribution is -0.386. The number of ether oxygens (including phenoxy) is 2. The normalized spacial score (nSPS) is 11.7. The van der Waals surface area contributed by atoms with Gasteiger partial charge in [0, 0.05) is 6.07 Å². The van der Waals surface area contributed by atoms with E-state index in [1.165, 1.54) is 26.2 Å². The predicted molar refractivity (Wildman–Crippen MR) is 59.9 cm³/mol. The van der Waals surface area contributed by atoms with E-state index in [4.69, 9.17) is 4.74 Å². The first-order valence-electron chi connectivity index (χ1n) is 4.95. The van der Waals surface area contributed by atoms with Crippen molar-refractivity contribution < 1.29 is 19.2 Å². The Hall–Kier alpha value is -2.11. The Morgan fingerprint density at radius 2 is 2.12 bits per heavy atom. The first-order valence-corrected chi connectivity index (χ1v) is 4.95. The van der Waals surface area contributed by atoms with E-state index in [1.807, 2.05) is 0 Å². The van der Waals surface area contributed by atoms with Crippen LogP contribution in [0.1, 0.15) is 12.5 Å². The SMILES string of the molecule is COC(=O)C(C)Oc1cc(C)ccc1[N+](=O)[O-]. The third kappa shape index (κ3) is 3.17. The molecule has 0 spiro atoms. The second-order valence-corrected chi connectivity index (χ2v) is 3.51. The highest BCUT2D eigenvalue weighted by Crippen LogP contribution is 2.28. The van der Waals surface area contributed by atoms with E-state index in [-0.39, 0.29) is 11.4 Å². The molecule has 0 aromatic heterocycles. The minimum absolute atomic E-state index is 0.0629. The Bertz CT molecular complexity index is 443. The molecule has 0 amide bonds. The summed E-state index contributed by atoms with van der Waals surface area (Å²) in [5.74, 6) is -0.520. The van der Waals surface area contributed by atoms with Crippen molar-refractivity contribution in [2.24, 2.45) is 0 Å². The topological polar surface area (TPSA) is 78.7 Å². The van der Waals surface area contributed by atoms with Gasteiger partial charge in [-0.25, -0.2) is 4.79 Å². The quantitative estimate of drug-likeness (QED) is 0.455. The monoisotopic (exact) mass is 239 g/mol. The van der Waals surface area contributed by atoms with Crippen LogP contribution in [0.15, 0.2) is 18.2 Å². The largest absolute Gasteiger partial charge is 0.472 e. The van der Waals surface area contributed by atoms with Gasteiger partial charge < -0.3 is 9.47 Å². The van der Waals surface area contributed by atoms with Crippen molar-refractivity contribution >= 4 is 11.7 Å². The molecule has 0 N–H and O–H groups in total. The first kappa shape index (κ1) is 13.0. The number of hydrogen-bond donors (Lipinski definition) is 0. The molecular formula is C11H13NO5. The van der Waals surface area contributed by atoms with Crippen LogP contribution in [0.2, 0.25) is 0 Å². The Morgan fingerprint density at radius 1 is 1.47 bits per heavy atom. The molecule has 0 fully saturated rings. The van der Waals surface area contributed by atoms with E-state index in [0.29, 0.717) is 0 Å². The minimum Gasteiger partial charge on any atom is -0.472 e. The summed E-state index contributed by atoms with van der Waals surface area (Å²) < 4.78 is 9.71. The number of carbonyl (C=O) groups is 1. The summed E-state index contributed by atoms with van der Waals surface area (Å²) >= 11 is 0. The Morgan fingerprint density at radius 3 is 2.65 bits per heavy atom. The van der Waals surface area contributed by atoms with E-state index < -0.39 is 17.0 Å². The van der Waals surface area contributed by atoms with Crippen LogP contribution in [0.5, 0.6) is 5.75 Å². The number of rotatable bonds is 4. The van der Waals surface area contributed by atoms with Gasteiger partial charge >= 0.3 is 11.7 Å². The number of nitrogens with zero attached hydrogens (tertiary/aromatic N) is 1. The molecule has 0 aliphatic rings. The number of benzene rings is 1. The van der Waals surface area contributed by atoms with E-state index >= 15 is 0 Å². The van der Waals surface area contributed by atoms with Gasteiger partial charge in [0.15, 0.2) is 11.9 Å². The molecule has 0 radical (unpaired) electrons. The van der Waals surface area contributed by atoms with Crippen molar-refractivity contribution in [2.45, 2.75) is 20.0 Å². The van der Waals surface area contributed by atoms with Gasteiger partial charge in [-0.2, -0.15) is 0 Å². The van der Waals surface area contributed by atoms with Crippen LogP contribution >= 0.6 is 0 Å². The molecule has 1 aromatic rings. The summed E-state index contributed by atoms with van der Waals surface area (Å²) in [5.41, 5.74) is 0.633. The van der Waals surface area contributed by atoms with E-state index in [0.717, 1.165) is 5.56 Å². The lowest BCUT2D eigenvalue weighted by Crippen LogP contribution is -2.25. The van der Waals surface area contributed by atoms with Gasteiger partial charge in [-0.15, -0.1) is 0 Å². The van der Waals surface area contributed by atoms with Crippen LogP contribution in [0.25, 0.3) is 0 Å². The Balaban J connectivity index is 3.00. The van der Waals surface area contributed by atoms with Gasteiger partial charge in [0.2, 0.25) is 0 Å². The highest BCUT2D eigenvalue weighted by molar-refractivity contribution is 5.74. The summed E-state index contributed by atoms with van der Waals surface area (Å²) in [6.07, 6.45) is -0.888. The van der Waals surface area contributed by atoms with Crippen LogP contribution in [-0.4, -0.2) is 24.1 Å². The summed E-state index contributed by atoms with van der Waals surface area (Å²) in [5, 5.41) is 10.8. The van der Waals surface area contributed by atoms with E-state index in [1.54, 1.807) is 13.0 Å². The zero-order chi connectivity index (χ0) is 13.0. The summed E-state index contributed by atoms with van der Waals surface area (Å²) in [7, 11) is 1.23. The average Bonchev–Trinajstić information content (AvgIpc) is 2.27. The standard InChI is InChI=1S/C11H13NO5/c1-7-4-5-9(12(14)15)10(6-7)17-8(2)11(13)16-3/h4-6,8H,1-3H3. The fraction of sp³-hybridized carbons (Fsp3) is 0.364. The average molecular weight is 239 g/mol. The molecule has 0 aliphatic carbocycles. The molecule has 1 unspecified atom stereocenters. The van der Waals surface area contributed by atoms with Crippen LogP contribution in [0.3, 0.4) is 0 Å². The number of esters is 1. The number of nitro groups is 1. The maximum absolute atomic E-state index is 11.2. The van der Waals surface area contributed by atoms with E-state index in [2.05, 4.69) is 4.74 Å². The highest BCUT2D eigenvalue weighted by atomic mass is 16.6. The van der Waals surface area contributed by atoms with Crippen LogP contribution in [0.4, 0.5) is 5.69 Å². The van der Waals surface area contributed by atoms with Gasteiger partial charge in [-0.3, -0.25) is 10.1 Å². The Kier molecular flexibility index (Phi) is 4.03. The van der Waals surface area contributed by atoms with Crippen LogP contribution in [0, 0.1) is 17.0 Å². The third-order valence-electron chi connectivity index (χ3n) is 2.15. The smallest absolute Gasteiger partial charge is 0.346 e. The molecule has 1 atom stereocenters. The number of hydrogen-bond acceptors (Lipinski definition) is 5. The highest BCUT2D eigenvalue weighted by Gasteiger charge is 2.21. The zero-order valence-corrected chi connectivity index (χ0v) is 9.80. The lowest BCUT2D eigenvalue weighted by Gasteiger charge is -2.12. The fourth-order valence-corrected chi connectivity index (χ4v) is 1.27. The van der Waals surface area contributed by atoms with Crippen molar-refractivity contribution in [3.8, 4) is 5.75 Å². The summed E-state index contributed by atoms with van der Waals surface area (Å²) in [6.45, 7) is 3.25. The second kappa shape index (κ2) is 5.29. The molecule has 17 heavy (non-hydrogen) atoms. The molecular weight excluding hydrogens is 226 g/mol. The molecule has 1 aromatic carbocycles. The molecule has 0 saturated carbocycles.